The van der Waals surface area contributed by atoms with Gasteiger partial charge in [0.1, 0.15) is 0 Å². The molecule has 1 aliphatic carbocycles. The topological polar surface area (TPSA) is 12.4 Å². The summed E-state index contributed by atoms with van der Waals surface area (Å²) in [6.45, 7) is 0. The van der Waals surface area contributed by atoms with E-state index in [-0.39, 0.29) is 12.0 Å². The van der Waals surface area contributed by atoms with E-state index in [1.54, 1.807) is 6.20 Å². The van der Waals surface area contributed by atoms with Gasteiger partial charge in [-0.3, -0.25) is 4.99 Å². The molecule has 0 aromatic carbocycles. The van der Waals surface area contributed by atoms with Crippen LogP contribution in [0.4, 0.5) is 13.2 Å². The number of halogens is 3. The molecule has 2 aliphatic rings. The van der Waals surface area contributed by atoms with Crippen LogP contribution in [0.1, 0.15) is 25.7 Å². The number of aliphatic imine (C=N–C) groups is 1. The minimum Gasteiger partial charge on any atom is -0.269 e. The molecule has 0 N–H and O–H groups in total. The van der Waals surface area contributed by atoms with Crippen LogP contribution in [0.3, 0.4) is 0 Å². The molecule has 0 aromatic heterocycles. The molecule has 1 nitrogen and oxygen atoms in total. The van der Waals surface area contributed by atoms with Gasteiger partial charge in [-0.2, -0.15) is 13.2 Å². The summed E-state index contributed by atoms with van der Waals surface area (Å²) in [7, 11) is 0. The molecule has 0 saturated heterocycles. The van der Waals surface area contributed by atoms with Crippen molar-refractivity contribution in [1.29, 1.82) is 0 Å². The van der Waals surface area contributed by atoms with Crippen molar-refractivity contribution in [1.82, 2.24) is 0 Å². The minimum absolute atomic E-state index is 0.155. The zero-order chi connectivity index (χ0) is 11.6. The zero-order valence-corrected chi connectivity index (χ0v) is 8.87. The van der Waals surface area contributed by atoms with Crippen LogP contribution in [0.25, 0.3) is 0 Å². The Balaban J connectivity index is 1.97. The highest BCUT2D eigenvalue weighted by Crippen LogP contribution is 2.38. The summed E-state index contributed by atoms with van der Waals surface area (Å²) in [5.41, 5.74) is -0.355. The molecule has 16 heavy (non-hydrogen) atoms. The Morgan fingerprint density at radius 2 is 2.06 bits per heavy atom. The fourth-order valence-corrected chi connectivity index (χ4v) is 2.31. The maximum atomic E-state index is 12.4. The van der Waals surface area contributed by atoms with Gasteiger partial charge in [0, 0.05) is 23.9 Å². The molecule has 0 amide bonds. The fraction of sp³-hybridized carbons (Fsp3) is 0.583. The Morgan fingerprint density at radius 1 is 1.25 bits per heavy atom. The average Bonchev–Trinajstić information content (AvgIpc) is 2.29. The van der Waals surface area contributed by atoms with E-state index >= 15 is 0 Å². The maximum absolute atomic E-state index is 12.4. The van der Waals surface area contributed by atoms with Gasteiger partial charge in [0.05, 0.1) is 0 Å². The first kappa shape index (κ1) is 11.4. The molecule has 88 valence electrons. The SMILES string of the molecule is FC(F)(F)C1=CCC(C2C=NC=CC2)CC1. The Hall–Kier alpha value is -1.06. The molecule has 2 atom stereocenters. The van der Waals surface area contributed by atoms with Crippen molar-refractivity contribution in [3.05, 3.63) is 23.9 Å². The van der Waals surface area contributed by atoms with Crippen molar-refractivity contribution < 1.29 is 13.2 Å². The number of allylic oxidation sites excluding steroid dienone is 3. The van der Waals surface area contributed by atoms with Crippen molar-refractivity contribution in [2.45, 2.75) is 31.9 Å². The molecular formula is C12H14F3N. The van der Waals surface area contributed by atoms with Gasteiger partial charge < -0.3 is 0 Å². The summed E-state index contributed by atoms with van der Waals surface area (Å²) in [4.78, 5) is 4.05. The Labute approximate surface area is 92.8 Å². The quantitative estimate of drug-likeness (QED) is 0.605. The van der Waals surface area contributed by atoms with Gasteiger partial charge in [0.2, 0.25) is 0 Å². The van der Waals surface area contributed by atoms with Gasteiger partial charge in [-0.15, -0.1) is 0 Å². The first-order chi connectivity index (χ1) is 7.57. The van der Waals surface area contributed by atoms with E-state index < -0.39 is 6.18 Å². The number of hydrogen-bond acceptors (Lipinski definition) is 1. The van der Waals surface area contributed by atoms with Gasteiger partial charge >= 0.3 is 6.18 Å². The molecule has 1 aliphatic heterocycles. The van der Waals surface area contributed by atoms with Crippen LogP contribution in [-0.2, 0) is 0 Å². The second-order valence-corrected chi connectivity index (χ2v) is 4.34. The lowest BCUT2D eigenvalue weighted by Crippen LogP contribution is -2.23. The summed E-state index contributed by atoms with van der Waals surface area (Å²) in [5.74, 6) is 0.635. The standard InChI is InChI=1S/C12H14F3N/c13-12(14,15)11-5-3-9(4-6-11)10-2-1-7-16-8-10/h1,5,7-10H,2-4,6H2. The average molecular weight is 229 g/mol. The highest BCUT2D eigenvalue weighted by molar-refractivity contribution is 5.63. The molecular weight excluding hydrogens is 215 g/mol. The third kappa shape index (κ3) is 2.54. The largest absolute Gasteiger partial charge is 0.412 e. The van der Waals surface area contributed by atoms with E-state index in [2.05, 4.69) is 4.99 Å². The van der Waals surface area contributed by atoms with Gasteiger partial charge in [0.25, 0.3) is 0 Å². The van der Waals surface area contributed by atoms with Gasteiger partial charge in [-0.1, -0.05) is 12.2 Å². The Bertz CT molecular complexity index is 339. The third-order valence-corrected chi connectivity index (χ3v) is 3.30. The summed E-state index contributed by atoms with van der Waals surface area (Å²) < 4.78 is 37.2. The van der Waals surface area contributed by atoms with Crippen molar-refractivity contribution in [3.63, 3.8) is 0 Å². The lowest BCUT2D eigenvalue weighted by Gasteiger charge is -2.28. The molecule has 2 rings (SSSR count). The zero-order valence-electron chi connectivity index (χ0n) is 8.87. The second-order valence-electron chi connectivity index (χ2n) is 4.34. The lowest BCUT2D eigenvalue weighted by molar-refractivity contribution is -0.0957. The number of nitrogens with zero attached hydrogens (tertiary/aromatic N) is 1. The van der Waals surface area contributed by atoms with Gasteiger partial charge in [-0.05, 0) is 31.6 Å². The predicted molar refractivity (Wildman–Crippen MR) is 57.2 cm³/mol. The molecule has 0 fully saturated rings. The minimum atomic E-state index is -4.13. The first-order valence-corrected chi connectivity index (χ1v) is 5.52. The van der Waals surface area contributed by atoms with Gasteiger partial charge in [0.15, 0.2) is 0 Å². The van der Waals surface area contributed by atoms with Crippen molar-refractivity contribution in [2.24, 2.45) is 16.8 Å². The molecule has 0 spiro atoms. The van der Waals surface area contributed by atoms with E-state index in [1.165, 1.54) is 6.08 Å². The van der Waals surface area contributed by atoms with Crippen LogP contribution in [0.15, 0.2) is 28.9 Å². The lowest BCUT2D eigenvalue weighted by atomic mass is 9.79. The summed E-state index contributed by atoms with van der Waals surface area (Å²) in [6.07, 6.45) is 5.04. The van der Waals surface area contributed by atoms with Crippen LogP contribution in [-0.4, -0.2) is 12.4 Å². The van der Waals surface area contributed by atoms with Crippen molar-refractivity contribution in [2.75, 3.05) is 0 Å². The van der Waals surface area contributed by atoms with Crippen LogP contribution in [0, 0.1) is 11.8 Å². The first-order valence-electron chi connectivity index (χ1n) is 5.52. The summed E-state index contributed by atoms with van der Waals surface area (Å²) >= 11 is 0. The molecule has 2 unspecified atom stereocenters. The van der Waals surface area contributed by atoms with E-state index in [9.17, 15) is 13.2 Å². The van der Waals surface area contributed by atoms with E-state index in [0.29, 0.717) is 24.7 Å². The summed E-state index contributed by atoms with van der Waals surface area (Å²) in [6, 6.07) is 0. The third-order valence-electron chi connectivity index (χ3n) is 3.30. The molecule has 0 saturated carbocycles. The maximum Gasteiger partial charge on any atom is 0.412 e. The van der Waals surface area contributed by atoms with Crippen LogP contribution in [0.2, 0.25) is 0 Å². The van der Waals surface area contributed by atoms with Crippen LogP contribution in [0.5, 0.6) is 0 Å². The van der Waals surface area contributed by atoms with E-state index in [0.717, 1.165) is 6.42 Å². The molecule has 0 radical (unpaired) electrons. The number of alkyl halides is 3. The second kappa shape index (κ2) is 4.44. The van der Waals surface area contributed by atoms with Crippen LogP contribution >= 0.6 is 0 Å². The van der Waals surface area contributed by atoms with E-state index in [4.69, 9.17) is 0 Å². The Kier molecular flexibility index (Phi) is 3.17. The van der Waals surface area contributed by atoms with Crippen molar-refractivity contribution in [3.8, 4) is 0 Å². The predicted octanol–water partition coefficient (Wildman–Crippen LogP) is 3.88. The molecule has 4 heteroatoms. The highest BCUT2D eigenvalue weighted by Gasteiger charge is 2.36. The van der Waals surface area contributed by atoms with Gasteiger partial charge in [-0.25, -0.2) is 0 Å². The number of rotatable bonds is 1. The highest BCUT2D eigenvalue weighted by atomic mass is 19.4. The van der Waals surface area contributed by atoms with Crippen LogP contribution < -0.4 is 0 Å². The van der Waals surface area contributed by atoms with Crippen molar-refractivity contribution >= 4 is 6.21 Å². The normalized spacial score (nSPS) is 30.3. The smallest absolute Gasteiger partial charge is 0.269 e. The fourth-order valence-electron chi connectivity index (χ4n) is 2.31. The monoisotopic (exact) mass is 229 g/mol. The van der Waals surface area contributed by atoms with E-state index in [1.807, 2.05) is 12.3 Å². The Morgan fingerprint density at radius 3 is 2.56 bits per heavy atom. The molecule has 1 heterocycles. The summed E-state index contributed by atoms with van der Waals surface area (Å²) in [5, 5.41) is 0. The molecule has 0 bridgehead atoms. The number of hydrogen-bond donors (Lipinski definition) is 0. The molecule has 0 aromatic rings.